The highest BCUT2D eigenvalue weighted by molar-refractivity contribution is 7.90. The number of fused-ring (bicyclic) bond motifs is 1. The standard InChI is InChI=1S/C20H19NO4S/c1-14(22)25-21-20-12-9-16-5-3-4-6-18(16)19(20)13-15-7-10-17(11-8-15)26(2,23)24/h3-8,10-11,13H,9,12H2,1-2H3/b19-13+,21-20-. The average molecular weight is 369 g/mol. The summed E-state index contributed by atoms with van der Waals surface area (Å²) in [7, 11) is -3.23. The first-order valence-corrected chi connectivity index (χ1v) is 10.1. The third kappa shape index (κ3) is 4.08. The van der Waals surface area contributed by atoms with Crippen molar-refractivity contribution in [3.63, 3.8) is 0 Å². The molecule has 1 aliphatic rings. The molecule has 0 bridgehead atoms. The minimum Gasteiger partial charge on any atom is -0.318 e. The zero-order valence-electron chi connectivity index (χ0n) is 14.6. The van der Waals surface area contributed by atoms with Crippen molar-refractivity contribution < 1.29 is 18.0 Å². The molecule has 0 radical (unpaired) electrons. The number of hydrogen-bond acceptors (Lipinski definition) is 5. The van der Waals surface area contributed by atoms with E-state index >= 15 is 0 Å². The van der Waals surface area contributed by atoms with Gasteiger partial charge in [0, 0.05) is 18.8 Å². The van der Waals surface area contributed by atoms with Gasteiger partial charge in [-0.1, -0.05) is 41.6 Å². The summed E-state index contributed by atoms with van der Waals surface area (Å²) in [6.45, 7) is 1.31. The van der Waals surface area contributed by atoms with Crippen LogP contribution in [0.3, 0.4) is 0 Å². The number of carbonyl (C=O) groups is 1. The molecule has 0 amide bonds. The Morgan fingerprint density at radius 2 is 1.77 bits per heavy atom. The Hall–Kier alpha value is -2.73. The Bertz CT molecular complexity index is 1000. The molecule has 0 aliphatic heterocycles. The predicted octanol–water partition coefficient (Wildman–Crippen LogP) is 3.50. The van der Waals surface area contributed by atoms with E-state index in [9.17, 15) is 13.2 Å². The lowest BCUT2D eigenvalue weighted by Gasteiger charge is -2.20. The van der Waals surface area contributed by atoms with Gasteiger partial charge < -0.3 is 4.84 Å². The van der Waals surface area contributed by atoms with Crippen LogP contribution in [-0.4, -0.2) is 26.4 Å². The average Bonchev–Trinajstić information content (AvgIpc) is 2.60. The summed E-state index contributed by atoms with van der Waals surface area (Å²) in [4.78, 5) is 16.3. The second kappa shape index (κ2) is 7.25. The van der Waals surface area contributed by atoms with Crippen LogP contribution in [0.4, 0.5) is 0 Å². The molecule has 26 heavy (non-hydrogen) atoms. The lowest BCUT2D eigenvalue weighted by Crippen LogP contribution is -2.14. The molecule has 0 heterocycles. The van der Waals surface area contributed by atoms with E-state index in [1.807, 2.05) is 24.3 Å². The maximum Gasteiger partial charge on any atom is 0.331 e. The first-order valence-electron chi connectivity index (χ1n) is 8.19. The lowest BCUT2D eigenvalue weighted by molar-refractivity contribution is -0.140. The van der Waals surface area contributed by atoms with E-state index in [4.69, 9.17) is 4.84 Å². The van der Waals surface area contributed by atoms with Crippen molar-refractivity contribution in [1.82, 2.24) is 0 Å². The fraction of sp³-hybridized carbons (Fsp3) is 0.200. The van der Waals surface area contributed by atoms with Gasteiger partial charge in [-0.25, -0.2) is 13.2 Å². The number of carbonyl (C=O) groups excluding carboxylic acids is 1. The lowest BCUT2D eigenvalue weighted by atomic mass is 9.85. The third-order valence-electron chi connectivity index (χ3n) is 4.15. The molecule has 3 rings (SSSR count). The van der Waals surface area contributed by atoms with Crippen LogP contribution in [0.2, 0.25) is 0 Å². The summed E-state index contributed by atoms with van der Waals surface area (Å²) in [5, 5.41) is 4.02. The Labute approximate surface area is 152 Å². The van der Waals surface area contributed by atoms with E-state index in [0.717, 1.165) is 23.1 Å². The van der Waals surface area contributed by atoms with Gasteiger partial charge in [-0.2, -0.15) is 0 Å². The van der Waals surface area contributed by atoms with E-state index in [2.05, 4.69) is 11.2 Å². The van der Waals surface area contributed by atoms with Gasteiger partial charge >= 0.3 is 5.97 Å². The molecule has 2 aromatic rings. The summed E-state index contributed by atoms with van der Waals surface area (Å²) in [5.41, 5.74) is 4.66. The molecular weight excluding hydrogens is 350 g/mol. The predicted molar refractivity (Wildman–Crippen MR) is 101 cm³/mol. The van der Waals surface area contributed by atoms with Crippen molar-refractivity contribution in [1.29, 1.82) is 0 Å². The fourth-order valence-corrected chi connectivity index (χ4v) is 3.53. The quantitative estimate of drug-likeness (QED) is 0.613. The van der Waals surface area contributed by atoms with Gasteiger partial charge in [0.2, 0.25) is 0 Å². The van der Waals surface area contributed by atoms with Crippen molar-refractivity contribution in [2.45, 2.75) is 24.7 Å². The molecule has 5 nitrogen and oxygen atoms in total. The van der Waals surface area contributed by atoms with Crippen molar-refractivity contribution in [3.05, 3.63) is 65.2 Å². The molecule has 0 fully saturated rings. The van der Waals surface area contributed by atoms with Gasteiger partial charge in [-0.15, -0.1) is 0 Å². The Morgan fingerprint density at radius 3 is 2.42 bits per heavy atom. The van der Waals surface area contributed by atoms with E-state index in [1.165, 1.54) is 18.7 Å². The van der Waals surface area contributed by atoms with Crippen LogP contribution < -0.4 is 0 Å². The molecule has 0 atom stereocenters. The molecule has 134 valence electrons. The van der Waals surface area contributed by atoms with E-state index in [-0.39, 0.29) is 4.90 Å². The van der Waals surface area contributed by atoms with E-state index in [0.29, 0.717) is 12.1 Å². The van der Waals surface area contributed by atoms with Crippen molar-refractivity contribution in [3.8, 4) is 0 Å². The highest BCUT2D eigenvalue weighted by atomic mass is 32.2. The van der Waals surface area contributed by atoms with Crippen LogP contribution in [0.5, 0.6) is 0 Å². The second-order valence-corrected chi connectivity index (χ2v) is 8.19. The number of aryl methyl sites for hydroxylation is 1. The normalized spacial score (nSPS) is 17.2. The highest BCUT2D eigenvalue weighted by Gasteiger charge is 2.20. The fourth-order valence-electron chi connectivity index (χ4n) is 2.90. The van der Waals surface area contributed by atoms with Crippen LogP contribution >= 0.6 is 0 Å². The Balaban J connectivity index is 2.06. The molecule has 0 saturated heterocycles. The zero-order chi connectivity index (χ0) is 18.7. The number of benzene rings is 2. The number of allylic oxidation sites excluding steroid dienone is 1. The monoisotopic (exact) mass is 369 g/mol. The number of hydrogen-bond donors (Lipinski definition) is 0. The second-order valence-electron chi connectivity index (χ2n) is 6.18. The van der Waals surface area contributed by atoms with Crippen molar-refractivity contribution in [2.75, 3.05) is 6.26 Å². The SMILES string of the molecule is CC(=O)O/N=C1/CCc2ccccc2/C1=C\c1ccc(S(C)(=O)=O)cc1. The summed E-state index contributed by atoms with van der Waals surface area (Å²) in [5.74, 6) is -0.465. The van der Waals surface area contributed by atoms with Crippen LogP contribution in [-0.2, 0) is 25.9 Å². The number of rotatable bonds is 3. The molecule has 0 saturated carbocycles. The number of oxime groups is 1. The molecule has 0 unspecified atom stereocenters. The van der Waals surface area contributed by atoms with Crippen LogP contribution in [0.25, 0.3) is 11.6 Å². The Kier molecular flexibility index (Phi) is 5.04. The number of sulfone groups is 1. The largest absolute Gasteiger partial charge is 0.331 e. The molecule has 6 heteroatoms. The minimum atomic E-state index is -3.23. The van der Waals surface area contributed by atoms with Gasteiger partial charge in [0.05, 0.1) is 10.6 Å². The molecule has 0 N–H and O–H groups in total. The highest BCUT2D eigenvalue weighted by Crippen LogP contribution is 2.31. The van der Waals surface area contributed by atoms with Gasteiger partial charge in [0.25, 0.3) is 0 Å². The molecular formula is C20H19NO4S. The molecule has 1 aliphatic carbocycles. The van der Waals surface area contributed by atoms with E-state index < -0.39 is 15.8 Å². The minimum absolute atomic E-state index is 0.275. The van der Waals surface area contributed by atoms with Gasteiger partial charge in [-0.05, 0) is 47.7 Å². The number of nitrogens with zero attached hydrogens (tertiary/aromatic N) is 1. The molecule has 2 aromatic carbocycles. The maximum atomic E-state index is 11.6. The van der Waals surface area contributed by atoms with Crippen molar-refractivity contribution in [2.24, 2.45) is 5.16 Å². The van der Waals surface area contributed by atoms with Crippen LogP contribution in [0, 0.1) is 0 Å². The molecule has 0 spiro atoms. The zero-order valence-corrected chi connectivity index (χ0v) is 15.4. The summed E-state index contributed by atoms with van der Waals surface area (Å²) >= 11 is 0. The summed E-state index contributed by atoms with van der Waals surface area (Å²) in [6, 6.07) is 14.7. The van der Waals surface area contributed by atoms with Crippen LogP contribution in [0.15, 0.2) is 58.6 Å². The van der Waals surface area contributed by atoms with Gasteiger partial charge in [0.15, 0.2) is 9.84 Å². The van der Waals surface area contributed by atoms with Crippen molar-refractivity contribution >= 4 is 33.2 Å². The first-order chi connectivity index (χ1) is 12.3. The Morgan fingerprint density at radius 1 is 1.08 bits per heavy atom. The van der Waals surface area contributed by atoms with Gasteiger partial charge in [0.1, 0.15) is 0 Å². The smallest absolute Gasteiger partial charge is 0.318 e. The third-order valence-corrected chi connectivity index (χ3v) is 5.28. The summed E-state index contributed by atoms with van der Waals surface area (Å²) in [6.07, 6.45) is 4.60. The van der Waals surface area contributed by atoms with Gasteiger partial charge in [-0.3, -0.25) is 0 Å². The van der Waals surface area contributed by atoms with E-state index in [1.54, 1.807) is 24.3 Å². The topological polar surface area (TPSA) is 72.8 Å². The van der Waals surface area contributed by atoms with Crippen LogP contribution in [0.1, 0.15) is 30.0 Å². The molecule has 0 aromatic heterocycles. The first kappa shape index (κ1) is 18.1. The maximum absolute atomic E-state index is 11.6. The summed E-state index contributed by atoms with van der Waals surface area (Å²) < 4.78 is 23.2.